The molecule has 2 aliphatic rings. The highest BCUT2D eigenvalue weighted by atomic mass is 19.4. The van der Waals surface area contributed by atoms with Gasteiger partial charge in [-0.15, -0.1) is 13.2 Å². The van der Waals surface area contributed by atoms with Gasteiger partial charge in [0, 0.05) is 18.2 Å². The van der Waals surface area contributed by atoms with Crippen molar-refractivity contribution >= 4 is 0 Å². The highest BCUT2D eigenvalue weighted by molar-refractivity contribution is 5.66. The van der Waals surface area contributed by atoms with E-state index in [1.807, 2.05) is 0 Å². The number of unbranched alkanes of at least 4 members (excludes halogenated alkanes) is 1. The van der Waals surface area contributed by atoms with Crippen LogP contribution in [0.2, 0.25) is 0 Å². The van der Waals surface area contributed by atoms with E-state index in [0.29, 0.717) is 54.5 Å². The Morgan fingerprint density at radius 3 is 1.85 bits per heavy atom. The fraction of sp³-hybridized carbons (Fsp3) is 0.500. The van der Waals surface area contributed by atoms with Crippen molar-refractivity contribution < 1.29 is 53.7 Å². The molecule has 0 aliphatic heterocycles. The summed E-state index contributed by atoms with van der Waals surface area (Å²) in [7, 11) is 0. The topological polar surface area (TPSA) is 27.7 Å². The molecule has 0 aromatic heterocycles. The van der Waals surface area contributed by atoms with Gasteiger partial charge in [-0.3, -0.25) is 0 Å². The molecule has 0 heterocycles. The highest BCUT2D eigenvalue weighted by Crippen LogP contribution is 2.45. The van der Waals surface area contributed by atoms with Crippen molar-refractivity contribution in [2.45, 2.75) is 95.6 Å². The summed E-state index contributed by atoms with van der Waals surface area (Å²) in [6, 6.07) is 6.23. The van der Waals surface area contributed by atoms with Gasteiger partial charge >= 0.3 is 12.5 Å². The number of halogens is 9. The van der Waals surface area contributed by atoms with Crippen molar-refractivity contribution in [2.75, 3.05) is 6.61 Å². The van der Waals surface area contributed by atoms with Crippen molar-refractivity contribution in [2.24, 2.45) is 11.8 Å². The predicted molar refractivity (Wildman–Crippen MR) is 161 cm³/mol. The van der Waals surface area contributed by atoms with Gasteiger partial charge in [0.1, 0.15) is 28.8 Å². The van der Waals surface area contributed by atoms with E-state index in [1.165, 1.54) is 0 Å². The quantitative estimate of drug-likeness (QED) is 0.148. The fourth-order valence-corrected chi connectivity index (χ4v) is 7.02. The summed E-state index contributed by atoms with van der Waals surface area (Å²) in [4.78, 5) is 0. The van der Waals surface area contributed by atoms with Gasteiger partial charge in [-0.1, -0.05) is 19.4 Å². The average molecular weight is 689 g/mol. The van der Waals surface area contributed by atoms with Gasteiger partial charge in [0.25, 0.3) is 0 Å². The molecule has 0 atom stereocenters. The Kier molecular flexibility index (Phi) is 11.2. The first kappa shape index (κ1) is 35.9. The van der Waals surface area contributed by atoms with Crippen molar-refractivity contribution in [3.05, 3.63) is 82.9 Å². The van der Waals surface area contributed by atoms with Crippen LogP contribution in [-0.4, -0.2) is 19.1 Å². The zero-order chi connectivity index (χ0) is 34.6. The molecule has 0 amide bonds. The lowest BCUT2D eigenvalue weighted by molar-refractivity contribution is -0.275. The summed E-state index contributed by atoms with van der Waals surface area (Å²) in [5.74, 6) is -6.64. The van der Waals surface area contributed by atoms with E-state index in [1.54, 1.807) is 0 Å². The van der Waals surface area contributed by atoms with Crippen molar-refractivity contribution in [1.29, 1.82) is 0 Å². The summed E-state index contributed by atoms with van der Waals surface area (Å²) in [5.41, 5.74) is -1.90. The maximum atomic E-state index is 15.1. The average Bonchev–Trinajstić information content (AvgIpc) is 3.01. The van der Waals surface area contributed by atoms with Gasteiger partial charge in [0.05, 0.1) is 6.10 Å². The lowest BCUT2D eigenvalue weighted by Crippen LogP contribution is -2.28. The minimum atomic E-state index is -5.15. The lowest BCUT2D eigenvalue weighted by Gasteiger charge is -2.38. The largest absolute Gasteiger partial charge is 0.573 e. The molecule has 5 rings (SSSR count). The van der Waals surface area contributed by atoms with E-state index < -0.39 is 52.8 Å². The van der Waals surface area contributed by atoms with Gasteiger partial charge in [-0.25, -0.2) is 17.6 Å². The molecular weight excluding hydrogens is 651 g/mol. The second kappa shape index (κ2) is 15.0. The normalized spacial score (nSPS) is 22.0. The zero-order valence-corrected chi connectivity index (χ0v) is 26.3. The molecule has 48 heavy (non-hydrogen) atoms. The van der Waals surface area contributed by atoms with Gasteiger partial charge < -0.3 is 14.2 Å². The molecule has 0 N–H and O–H groups in total. The van der Waals surface area contributed by atoms with Crippen LogP contribution in [0.5, 0.6) is 11.5 Å². The van der Waals surface area contributed by atoms with Gasteiger partial charge in [-0.05, 0) is 123 Å². The van der Waals surface area contributed by atoms with Crippen LogP contribution in [0, 0.1) is 35.1 Å². The first-order chi connectivity index (χ1) is 22.7. The third-order valence-electron chi connectivity index (χ3n) is 9.49. The molecule has 0 bridgehead atoms. The third kappa shape index (κ3) is 8.78. The fourth-order valence-electron chi connectivity index (χ4n) is 7.02. The van der Waals surface area contributed by atoms with Crippen LogP contribution in [0.25, 0.3) is 11.1 Å². The van der Waals surface area contributed by atoms with Crippen LogP contribution in [0.4, 0.5) is 39.5 Å². The highest BCUT2D eigenvalue weighted by Gasteiger charge is 2.42. The van der Waals surface area contributed by atoms with Crippen LogP contribution in [-0.2, 0) is 10.8 Å². The van der Waals surface area contributed by atoms with Crippen LogP contribution < -0.4 is 9.47 Å². The molecule has 3 nitrogen and oxygen atoms in total. The molecule has 3 aromatic carbocycles. The molecule has 3 aromatic rings. The molecule has 0 saturated heterocycles. The van der Waals surface area contributed by atoms with Crippen LogP contribution in [0.3, 0.4) is 0 Å². The van der Waals surface area contributed by atoms with E-state index in [4.69, 9.17) is 4.74 Å². The number of alkyl halides is 5. The molecule has 0 radical (unpaired) electrons. The summed E-state index contributed by atoms with van der Waals surface area (Å²) in [5, 5.41) is 0. The van der Waals surface area contributed by atoms with Crippen molar-refractivity contribution in [3.8, 4) is 22.6 Å². The van der Waals surface area contributed by atoms with Crippen LogP contribution in [0.15, 0.2) is 48.5 Å². The molecular formula is C36H37F9O3. The number of benzene rings is 3. The molecule has 2 aliphatic carbocycles. The van der Waals surface area contributed by atoms with Gasteiger partial charge in [-0.2, -0.15) is 8.78 Å². The molecule has 262 valence electrons. The maximum Gasteiger partial charge on any atom is 0.573 e. The van der Waals surface area contributed by atoms with E-state index >= 15 is 17.6 Å². The van der Waals surface area contributed by atoms with Crippen molar-refractivity contribution in [3.63, 3.8) is 0 Å². The van der Waals surface area contributed by atoms with E-state index in [0.717, 1.165) is 88.3 Å². The zero-order valence-electron chi connectivity index (χ0n) is 26.3. The van der Waals surface area contributed by atoms with Crippen LogP contribution in [0.1, 0.15) is 88.2 Å². The Hall–Kier alpha value is -3.41. The van der Waals surface area contributed by atoms with Crippen LogP contribution >= 0.6 is 0 Å². The lowest BCUT2D eigenvalue weighted by atomic mass is 9.69. The molecule has 0 unspecified atom stereocenters. The van der Waals surface area contributed by atoms with E-state index in [9.17, 15) is 22.0 Å². The smallest absolute Gasteiger partial charge is 0.429 e. The summed E-state index contributed by atoms with van der Waals surface area (Å²) in [6.45, 7) is 2.93. The third-order valence-corrected chi connectivity index (χ3v) is 9.49. The van der Waals surface area contributed by atoms with E-state index in [-0.39, 0.29) is 17.0 Å². The Balaban J connectivity index is 1.20. The minimum Gasteiger partial charge on any atom is -0.429 e. The first-order valence-electron chi connectivity index (χ1n) is 16.3. The molecule has 2 saturated carbocycles. The standard InChI is InChI=1S/C36H37F9O3/c1-2-3-16-46-26-11-8-22(9-12-26)21-4-6-23(7-5-21)25-18-31(39)34(32(40)19-25)35(41,42)47-27-13-14-28(29(37)20-27)24-10-15-33(30(38)17-24)48-36(43,44)45/h10,13-15,17-23,26H,2-9,11-12,16H2,1H3. The summed E-state index contributed by atoms with van der Waals surface area (Å²) in [6.07, 6.45) is 0.226. The van der Waals surface area contributed by atoms with Crippen molar-refractivity contribution in [1.82, 2.24) is 0 Å². The maximum absolute atomic E-state index is 15.1. The Labute approximate surface area is 273 Å². The number of rotatable bonds is 11. The Morgan fingerprint density at radius 1 is 0.667 bits per heavy atom. The Bertz CT molecular complexity index is 1520. The number of ether oxygens (including phenoxy) is 3. The van der Waals surface area contributed by atoms with Gasteiger partial charge in [0.15, 0.2) is 11.6 Å². The second-order valence-corrected chi connectivity index (χ2v) is 12.7. The monoisotopic (exact) mass is 688 g/mol. The first-order valence-corrected chi connectivity index (χ1v) is 16.3. The Morgan fingerprint density at radius 2 is 1.29 bits per heavy atom. The number of hydrogen-bond acceptors (Lipinski definition) is 3. The molecule has 0 spiro atoms. The SMILES string of the molecule is CCCCOC1CCC(C2CCC(c3cc(F)c(C(F)(F)Oc4ccc(-c5ccc(OC(F)(F)F)c(F)c5)c(F)c4)c(F)c3)CC2)CC1. The predicted octanol–water partition coefficient (Wildman–Crippen LogP) is 11.6. The number of hydrogen-bond donors (Lipinski definition) is 0. The minimum absolute atomic E-state index is 0.178. The summed E-state index contributed by atoms with van der Waals surface area (Å²) >= 11 is 0. The molecule has 2 fully saturated rings. The van der Waals surface area contributed by atoms with Gasteiger partial charge in [0.2, 0.25) is 0 Å². The summed E-state index contributed by atoms with van der Waals surface area (Å²) < 4.78 is 141. The molecule has 12 heteroatoms. The van der Waals surface area contributed by atoms with E-state index in [2.05, 4.69) is 16.4 Å². The second-order valence-electron chi connectivity index (χ2n) is 12.7.